The van der Waals surface area contributed by atoms with Gasteiger partial charge in [0.15, 0.2) is 5.82 Å². The number of nitrogens with zero attached hydrogens (tertiary/aromatic N) is 4. The Morgan fingerprint density at radius 2 is 2.40 bits per heavy atom. The van der Waals surface area contributed by atoms with Gasteiger partial charge in [-0.1, -0.05) is 0 Å². The molecule has 7 heteroatoms. The molecule has 106 valence electrons. The summed E-state index contributed by atoms with van der Waals surface area (Å²) in [6.07, 6.45) is 7.65. The van der Waals surface area contributed by atoms with Crippen LogP contribution >= 0.6 is 0 Å². The molecule has 3 heterocycles. The Kier molecular flexibility index (Phi) is 3.41. The van der Waals surface area contributed by atoms with Gasteiger partial charge in [0.25, 0.3) is 0 Å². The number of hydrogen-bond donors (Lipinski definition) is 2. The number of aromatic nitrogens is 4. The van der Waals surface area contributed by atoms with Crippen molar-refractivity contribution in [3.8, 4) is 0 Å². The van der Waals surface area contributed by atoms with E-state index in [2.05, 4.69) is 25.3 Å². The van der Waals surface area contributed by atoms with E-state index in [9.17, 15) is 4.79 Å². The highest BCUT2D eigenvalue weighted by molar-refractivity contribution is 5.88. The van der Waals surface area contributed by atoms with E-state index in [1.807, 2.05) is 19.4 Å². The van der Waals surface area contributed by atoms with Gasteiger partial charge >= 0.3 is 6.03 Å². The maximum atomic E-state index is 11.8. The molecule has 0 aliphatic carbocycles. The van der Waals surface area contributed by atoms with E-state index in [-0.39, 0.29) is 6.03 Å². The monoisotopic (exact) mass is 274 g/mol. The number of nitrogens with one attached hydrogen (secondary N) is 2. The van der Waals surface area contributed by atoms with Gasteiger partial charge < -0.3 is 9.88 Å². The third-order valence-electron chi connectivity index (χ3n) is 3.54. The maximum Gasteiger partial charge on any atom is 0.320 e. The number of anilines is 1. The third kappa shape index (κ3) is 2.81. The summed E-state index contributed by atoms with van der Waals surface area (Å²) in [7, 11) is 1.81. The third-order valence-corrected chi connectivity index (χ3v) is 3.54. The van der Waals surface area contributed by atoms with Crippen LogP contribution in [-0.2, 0) is 20.0 Å². The van der Waals surface area contributed by atoms with E-state index >= 15 is 0 Å². The van der Waals surface area contributed by atoms with Crippen LogP contribution in [0.4, 0.5) is 10.6 Å². The first-order valence-electron chi connectivity index (χ1n) is 6.75. The molecule has 2 aromatic rings. The lowest BCUT2D eigenvalue weighted by Gasteiger charge is -2.23. The fourth-order valence-corrected chi connectivity index (χ4v) is 2.48. The summed E-state index contributed by atoms with van der Waals surface area (Å²) < 4.78 is 3.81. The fraction of sp³-hybridized carbons (Fsp3) is 0.462. The second kappa shape index (κ2) is 5.36. The van der Waals surface area contributed by atoms with Gasteiger partial charge in [-0.15, -0.1) is 0 Å². The van der Waals surface area contributed by atoms with Crippen molar-refractivity contribution in [3.05, 3.63) is 30.5 Å². The Bertz CT molecular complexity index is 602. The van der Waals surface area contributed by atoms with E-state index < -0.39 is 0 Å². The number of carbonyl (C=O) groups is 1. The fourth-order valence-electron chi connectivity index (χ4n) is 2.48. The summed E-state index contributed by atoms with van der Waals surface area (Å²) in [6, 6.07) is 1.55. The quantitative estimate of drug-likeness (QED) is 0.876. The van der Waals surface area contributed by atoms with Crippen molar-refractivity contribution in [2.75, 3.05) is 11.9 Å². The molecule has 20 heavy (non-hydrogen) atoms. The molecule has 1 unspecified atom stereocenters. The van der Waals surface area contributed by atoms with E-state index in [0.717, 1.165) is 25.2 Å². The van der Waals surface area contributed by atoms with Crippen LogP contribution in [-0.4, -0.2) is 31.9 Å². The van der Waals surface area contributed by atoms with Gasteiger partial charge in [-0.05, 0) is 12.3 Å². The number of rotatable bonds is 3. The molecule has 1 atom stereocenters. The maximum absolute atomic E-state index is 11.8. The smallest absolute Gasteiger partial charge is 0.320 e. The molecule has 2 amide bonds. The van der Waals surface area contributed by atoms with Gasteiger partial charge in [0.05, 0.1) is 0 Å². The van der Waals surface area contributed by atoms with Crippen LogP contribution in [0.3, 0.4) is 0 Å². The molecule has 0 fully saturated rings. The van der Waals surface area contributed by atoms with Crippen molar-refractivity contribution < 1.29 is 4.79 Å². The molecule has 0 bridgehead atoms. The van der Waals surface area contributed by atoms with Gasteiger partial charge in [-0.3, -0.25) is 10.00 Å². The standard InChI is InChI=1S/C13H18N6O/c1-18-6-4-11(17-18)16-13(20)15-8-10-2-3-12-14-5-7-19(12)9-10/h4-7,10H,2-3,8-9H2,1H3,(H2,15,16,17,20). The van der Waals surface area contributed by atoms with Crippen LogP contribution in [0.25, 0.3) is 0 Å². The summed E-state index contributed by atoms with van der Waals surface area (Å²) in [5.41, 5.74) is 0. The van der Waals surface area contributed by atoms with Crippen molar-refractivity contribution in [1.29, 1.82) is 0 Å². The zero-order chi connectivity index (χ0) is 13.9. The minimum Gasteiger partial charge on any atom is -0.337 e. The summed E-state index contributed by atoms with van der Waals surface area (Å²) >= 11 is 0. The lowest BCUT2D eigenvalue weighted by atomic mass is 9.99. The largest absolute Gasteiger partial charge is 0.337 e. The number of imidazole rings is 1. The molecular weight excluding hydrogens is 256 g/mol. The van der Waals surface area contributed by atoms with E-state index in [4.69, 9.17) is 0 Å². The predicted molar refractivity (Wildman–Crippen MR) is 74.3 cm³/mol. The van der Waals surface area contributed by atoms with Crippen molar-refractivity contribution in [1.82, 2.24) is 24.6 Å². The van der Waals surface area contributed by atoms with Gasteiger partial charge in [0.1, 0.15) is 5.82 Å². The molecule has 2 aromatic heterocycles. The number of fused-ring (bicyclic) bond motifs is 1. The Hall–Kier alpha value is -2.31. The zero-order valence-corrected chi connectivity index (χ0v) is 11.4. The first-order chi connectivity index (χ1) is 9.70. The van der Waals surface area contributed by atoms with Gasteiger partial charge in [0.2, 0.25) is 0 Å². The number of amides is 2. The van der Waals surface area contributed by atoms with Crippen molar-refractivity contribution >= 4 is 11.8 Å². The molecule has 1 aliphatic rings. The van der Waals surface area contributed by atoms with Crippen LogP contribution in [0.5, 0.6) is 0 Å². The Morgan fingerprint density at radius 3 is 3.20 bits per heavy atom. The van der Waals surface area contributed by atoms with Gasteiger partial charge in [-0.25, -0.2) is 9.78 Å². The molecule has 0 saturated heterocycles. The highest BCUT2D eigenvalue weighted by Gasteiger charge is 2.19. The average Bonchev–Trinajstić information content (AvgIpc) is 3.04. The summed E-state index contributed by atoms with van der Waals surface area (Å²) in [5.74, 6) is 2.15. The SMILES string of the molecule is Cn1ccc(NC(=O)NCC2CCc3nccn3C2)n1. The summed E-state index contributed by atoms with van der Waals surface area (Å²) in [5, 5.41) is 9.72. The van der Waals surface area contributed by atoms with Crippen LogP contribution in [0.1, 0.15) is 12.2 Å². The summed E-state index contributed by atoms with van der Waals surface area (Å²) in [4.78, 5) is 16.1. The highest BCUT2D eigenvalue weighted by atomic mass is 16.2. The Morgan fingerprint density at radius 1 is 1.50 bits per heavy atom. The molecule has 2 N–H and O–H groups in total. The molecule has 0 radical (unpaired) electrons. The molecule has 0 saturated carbocycles. The van der Waals surface area contributed by atoms with Crippen LogP contribution < -0.4 is 10.6 Å². The number of urea groups is 1. The number of hydrogen-bond acceptors (Lipinski definition) is 3. The average molecular weight is 274 g/mol. The lowest BCUT2D eigenvalue weighted by molar-refractivity contribution is 0.247. The van der Waals surface area contributed by atoms with Crippen molar-refractivity contribution in [2.24, 2.45) is 13.0 Å². The molecule has 7 nitrogen and oxygen atoms in total. The van der Waals surface area contributed by atoms with E-state index in [1.54, 1.807) is 16.9 Å². The molecule has 3 rings (SSSR count). The Labute approximate surface area is 117 Å². The van der Waals surface area contributed by atoms with E-state index in [1.165, 1.54) is 0 Å². The van der Waals surface area contributed by atoms with Crippen molar-refractivity contribution in [3.63, 3.8) is 0 Å². The molecular formula is C13H18N6O. The van der Waals surface area contributed by atoms with Crippen LogP contribution in [0.2, 0.25) is 0 Å². The molecule has 0 aromatic carbocycles. The van der Waals surface area contributed by atoms with E-state index in [0.29, 0.717) is 18.3 Å². The topological polar surface area (TPSA) is 76.8 Å². The normalized spacial score (nSPS) is 17.6. The second-order valence-corrected chi connectivity index (χ2v) is 5.11. The lowest BCUT2D eigenvalue weighted by Crippen LogP contribution is -2.36. The van der Waals surface area contributed by atoms with Crippen molar-refractivity contribution in [2.45, 2.75) is 19.4 Å². The summed E-state index contributed by atoms with van der Waals surface area (Å²) in [6.45, 7) is 1.58. The Balaban J connectivity index is 1.47. The number of carbonyl (C=O) groups excluding carboxylic acids is 1. The predicted octanol–water partition coefficient (Wildman–Crippen LogP) is 1.00. The van der Waals surface area contributed by atoms with Gasteiger partial charge in [0, 0.05) is 51.2 Å². The highest BCUT2D eigenvalue weighted by Crippen LogP contribution is 2.17. The number of aryl methyl sites for hydroxylation is 2. The zero-order valence-electron chi connectivity index (χ0n) is 11.4. The van der Waals surface area contributed by atoms with Crippen LogP contribution in [0, 0.1) is 5.92 Å². The minimum absolute atomic E-state index is 0.208. The minimum atomic E-state index is -0.208. The van der Waals surface area contributed by atoms with Crippen LogP contribution in [0.15, 0.2) is 24.7 Å². The molecule has 1 aliphatic heterocycles. The second-order valence-electron chi connectivity index (χ2n) is 5.11. The molecule has 0 spiro atoms. The first kappa shape index (κ1) is 12.7. The first-order valence-corrected chi connectivity index (χ1v) is 6.75. The van der Waals surface area contributed by atoms with Gasteiger partial charge in [-0.2, -0.15) is 5.10 Å².